The van der Waals surface area contributed by atoms with Crippen molar-refractivity contribution in [3.05, 3.63) is 24.3 Å². The van der Waals surface area contributed by atoms with Crippen LogP contribution in [0.2, 0.25) is 0 Å². The molecule has 1 aromatic rings. The summed E-state index contributed by atoms with van der Waals surface area (Å²) in [6.07, 6.45) is -0.714. The number of fused-ring (bicyclic) bond motifs is 2. The summed E-state index contributed by atoms with van der Waals surface area (Å²) in [6.45, 7) is 5.54. The summed E-state index contributed by atoms with van der Waals surface area (Å²) in [4.78, 5) is 11.7. The zero-order chi connectivity index (χ0) is 22.8. The van der Waals surface area contributed by atoms with E-state index in [9.17, 15) is 21.6 Å². The number of likely N-dealkylation sites (tertiary alicyclic amines) is 1. The molecule has 0 amide bonds. The molecule has 4 rings (SSSR count). The zero-order valence-corrected chi connectivity index (χ0v) is 18.0. The minimum absolute atomic E-state index is 0.0624. The van der Waals surface area contributed by atoms with Crippen molar-refractivity contribution in [2.45, 2.75) is 55.8 Å². The molecular weight excluding hydrogens is 437 g/mol. The van der Waals surface area contributed by atoms with E-state index < -0.39 is 22.2 Å². The van der Waals surface area contributed by atoms with Crippen molar-refractivity contribution in [2.75, 3.05) is 26.2 Å². The van der Waals surface area contributed by atoms with Crippen molar-refractivity contribution in [1.82, 2.24) is 9.21 Å². The Kier molecular flexibility index (Phi) is 7.17. The standard InChI is InChI=1S/C18H26N2O3S.C2HF3O2/c1-2-20-15-9-11-19(13-14-7-8-14)12-10-16(15)23-17-5-3-4-6-18(17)24(20,21)22;3-2(4,5)1(6)7/h3-6,14-16H,2,7-13H2,1H3;(H,6,7)/t15-,16-;/m0./s1. The molecule has 1 aromatic carbocycles. The monoisotopic (exact) mass is 464 g/mol. The number of benzene rings is 1. The number of likely N-dealkylation sites (N-methyl/N-ethyl adjacent to an activating group) is 1. The number of carboxylic acid groups (broad SMARTS) is 1. The van der Waals surface area contributed by atoms with Gasteiger partial charge in [-0.3, -0.25) is 0 Å². The van der Waals surface area contributed by atoms with Gasteiger partial charge in [-0.1, -0.05) is 19.1 Å². The van der Waals surface area contributed by atoms with Gasteiger partial charge in [0.25, 0.3) is 0 Å². The molecule has 11 heteroatoms. The van der Waals surface area contributed by atoms with E-state index in [1.165, 1.54) is 12.8 Å². The van der Waals surface area contributed by atoms with Crippen molar-refractivity contribution in [1.29, 1.82) is 0 Å². The van der Waals surface area contributed by atoms with Crippen LogP contribution in [0.25, 0.3) is 0 Å². The van der Waals surface area contributed by atoms with E-state index in [2.05, 4.69) is 4.90 Å². The second-order valence-corrected chi connectivity index (χ2v) is 9.86. The summed E-state index contributed by atoms with van der Waals surface area (Å²) in [5.74, 6) is -1.38. The van der Waals surface area contributed by atoms with Crippen molar-refractivity contribution >= 4 is 16.0 Å². The molecule has 0 bridgehead atoms. The molecule has 0 unspecified atom stereocenters. The Hall–Kier alpha value is -1.85. The molecule has 2 fully saturated rings. The molecule has 0 aromatic heterocycles. The molecule has 1 aliphatic carbocycles. The molecule has 0 spiro atoms. The summed E-state index contributed by atoms with van der Waals surface area (Å²) in [6, 6.07) is 7.00. The highest BCUT2D eigenvalue weighted by atomic mass is 32.2. The van der Waals surface area contributed by atoms with Gasteiger partial charge in [-0.05, 0) is 50.3 Å². The lowest BCUT2D eigenvalue weighted by molar-refractivity contribution is -0.192. The maximum Gasteiger partial charge on any atom is 0.490 e. The summed E-state index contributed by atoms with van der Waals surface area (Å²) >= 11 is 0. The number of sulfonamides is 1. The fourth-order valence-electron chi connectivity index (χ4n) is 4.06. The Balaban J connectivity index is 0.000000339. The van der Waals surface area contributed by atoms with Crippen LogP contribution in [-0.4, -0.2) is 73.2 Å². The Labute approximate surface area is 179 Å². The van der Waals surface area contributed by atoms with Gasteiger partial charge in [0, 0.05) is 19.6 Å². The number of carbonyl (C=O) groups is 1. The van der Waals surface area contributed by atoms with E-state index in [0.29, 0.717) is 17.2 Å². The third-order valence-corrected chi connectivity index (χ3v) is 7.79. The molecule has 0 radical (unpaired) electrons. The van der Waals surface area contributed by atoms with Gasteiger partial charge in [-0.25, -0.2) is 13.2 Å². The first-order chi connectivity index (χ1) is 14.5. The van der Waals surface area contributed by atoms with Gasteiger partial charge in [-0.2, -0.15) is 17.5 Å². The zero-order valence-electron chi connectivity index (χ0n) is 17.2. The number of rotatable bonds is 3. The van der Waals surface area contributed by atoms with Gasteiger partial charge in [0.15, 0.2) is 0 Å². The third-order valence-electron chi connectivity index (χ3n) is 5.75. The van der Waals surface area contributed by atoms with Gasteiger partial charge in [0.05, 0.1) is 6.04 Å². The van der Waals surface area contributed by atoms with Crippen LogP contribution in [0.5, 0.6) is 5.75 Å². The van der Waals surface area contributed by atoms with Crippen molar-refractivity contribution in [3.8, 4) is 5.75 Å². The summed E-state index contributed by atoms with van der Waals surface area (Å²) < 4.78 is 65.9. The molecule has 2 atom stereocenters. The summed E-state index contributed by atoms with van der Waals surface area (Å²) in [5, 5.41) is 7.12. The Morgan fingerprint density at radius 1 is 1.16 bits per heavy atom. The maximum atomic E-state index is 13.1. The highest BCUT2D eigenvalue weighted by Crippen LogP contribution is 2.37. The smallest absolute Gasteiger partial charge is 0.487 e. The molecule has 3 aliphatic rings. The van der Waals surface area contributed by atoms with Crippen molar-refractivity contribution in [3.63, 3.8) is 0 Å². The number of hydrogen-bond donors (Lipinski definition) is 1. The van der Waals surface area contributed by atoms with E-state index in [1.54, 1.807) is 22.5 Å². The van der Waals surface area contributed by atoms with E-state index in [0.717, 1.165) is 38.4 Å². The lowest BCUT2D eigenvalue weighted by Crippen LogP contribution is -2.46. The molecule has 1 N–H and O–H groups in total. The van der Waals surface area contributed by atoms with Gasteiger partial charge < -0.3 is 14.7 Å². The fraction of sp³-hybridized carbons (Fsp3) is 0.650. The molecular formula is C20H27F3N2O5S. The topological polar surface area (TPSA) is 87.2 Å². The Morgan fingerprint density at radius 3 is 2.35 bits per heavy atom. The second kappa shape index (κ2) is 9.33. The highest BCUT2D eigenvalue weighted by Gasteiger charge is 2.42. The van der Waals surface area contributed by atoms with Gasteiger partial charge >= 0.3 is 12.1 Å². The van der Waals surface area contributed by atoms with Crippen LogP contribution >= 0.6 is 0 Å². The summed E-state index contributed by atoms with van der Waals surface area (Å²) in [5.41, 5.74) is 0. The first kappa shape index (κ1) is 23.8. The first-order valence-corrected chi connectivity index (χ1v) is 11.8. The number of carboxylic acids is 1. The van der Waals surface area contributed by atoms with Gasteiger partial charge in [0.2, 0.25) is 10.0 Å². The number of halogens is 3. The van der Waals surface area contributed by atoms with Crippen molar-refractivity contribution in [2.24, 2.45) is 5.92 Å². The quantitative estimate of drug-likeness (QED) is 0.740. The average molecular weight is 465 g/mol. The maximum absolute atomic E-state index is 13.1. The predicted molar refractivity (Wildman–Crippen MR) is 106 cm³/mol. The second-order valence-electron chi connectivity index (χ2n) is 8.00. The van der Waals surface area contributed by atoms with E-state index in [1.807, 2.05) is 13.0 Å². The number of para-hydroxylation sites is 1. The third kappa shape index (κ3) is 5.69. The minimum atomic E-state index is -5.08. The van der Waals surface area contributed by atoms with Gasteiger partial charge in [-0.15, -0.1) is 0 Å². The van der Waals surface area contributed by atoms with E-state index in [-0.39, 0.29) is 12.1 Å². The van der Waals surface area contributed by atoms with Crippen LogP contribution in [0, 0.1) is 5.92 Å². The normalized spacial score (nSPS) is 26.2. The number of hydrogen-bond acceptors (Lipinski definition) is 5. The predicted octanol–water partition coefficient (Wildman–Crippen LogP) is 2.97. The largest absolute Gasteiger partial charge is 0.490 e. The fourth-order valence-corrected chi connectivity index (χ4v) is 5.87. The van der Waals surface area contributed by atoms with Crippen LogP contribution in [-0.2, 0) is 14.8 Å². The number of aliphatic carboxylic acids is 1. The molecule has 2 aliphatic heterocycles. The summed E-state index contributed by atoms with van der Waals surface area (Å²) in [7, 11) is -3.49. The lowest BCUT2D eigenvalue weighted by Gasteiger charge is -2.30. The molecule has 7 nitrogen and oxygen atoms in total. The molecule has 2 heterocycles. The first-order valence-electron chi connectivity index (χ1n) is 10.3. The molecule has 1 saturated heterocycles. The lowest BCUT2D eigenvalue weighted by atomic mass is 10.1. The van der Waals surface area contributed by atoms with Gasteiger partial charge in [0.1, 0.15) is 16.7 Å². The van der Waals surface area contributed by atoms with Crippen LogP contribution in [0.1, 0.15) is 32.6 Å². The number of alkyl halides is 3. The Morgan fingerprint density at radius 2 is 1.77 bits per heavy atom. The van der Waals surface area contributed by atoms with Crippen LogP contribution < -0.4 is 4.74 Å². The number of ether oxygens (including phenoxy) is 1. The van der Waals surface area contributed by atoms with E-state index >= 15 is 0 Å². The van der Waals surface area contributed by atoms with Crippen LogP contribution in [0.4, 0.5) is 13.2 Å². The molecule has 174 valence electrons. The minimum Gasteiger partial charge on any atom is -0.487 e. The highest BCUT2D eigenvalue weighted by molar-refractivity contribution is 7.89. The average Bonchev–Trinajstić information content (AvgIpc) is 3.52. The molecule has 31 heavy (non-hydrogen) atoms. The van der Waals surface area contributed by atoms with E-state index in [4.69, 9.17) is 14.6 Å². The van der Waals surface area contributed by atoms with Crippen LogP contribution in [0.15, 0.2) is 29.2 Å². The molecule has 1 saturated carbocycles. The van der Waals surface area contributed by atoms with Crippen molar-refractivity contribution < 1.29 is 36.2 Å². The number of nitrogens with zero attached hydrogens (tertiary/aromatic N) is 2. The Bertz CT molecular complexity index is 889. The van der Waals surface area contributed by atoms with Crippen LogP contribution in [0.3, 0.4) is 0 Å². The SMILES string of the molecule is CCN1[C@H]2CCN(CC3CC3)CC[C@@H]2Oc2ccccc2S1(=O)=O.O=C(O)C(F)(F)F.